The summed E-state index contributed by atoms with van der Waals surface area (Å²) in [5.41, 5.74) is 0.0516. The van der Waals surface area contributed by atoms with Crippen LogP contribution >= 0.6 is 0 Å². The summed E-state index contributed by atoms with van der Waals surface area (Å²) < 4.78 is 9.60. The fourth-order valence-electron chi connectivity index (χ4n) is 2.02. The Bertz CT molecular complexity index is 803. The molecule has 8 heteroatoms. The van der Waals surface area contributed by atoms with Crippen molar-refractivity contribution in [3.05, 3.63) is 63.7 Å². The highest BCUT2D eigenvalue weighted by atomic mass is 16.6. The highest BCUT2D eigenvalue weighted by molar-refractivity contribution is 6.07. The summed E-state index contributed by atoms with van der Waals surface area (Å²) in [6.45, 7) is 0. The van der Waals surface area contributed by atoms with Crippen LogP contribution in [0, 0.1) is 10.1 Å². The van der Waals surface area contributed by atoms with Gasteiger partial charge in [-0.05, 0) is 30.3 Å². The van der Waals surface area contributed by atoms with Crippen molar-refractivity contribution in [3.8, 4) is 5.75 Å². The van der Waals surface area contributed by atoms with Gasteiger partial charge in [-0.3, -0.25) is 14.9 Å². The van der Waals surface area contributed by atoms with E-state index in [-0.39, 0.29) is 16.8 Å². The van der Waals surface area contributed by atoms with Crippen LogP contribution in [-0.4, -0.2) is 31.0 Å². The van der Waals surface area contributed by atoms with Gasteiger partial charge in [0.1, 0.15) is 11.3 Å². The standard InChI is InChI=1S/C16H14N2O6/c1-23-12-6-7-14(18(21)22)13(9-12)15(19)17-11-5-3-4-10(8-11)16(20)24-2/h3-9H,1-2H3,(H,17,19). The predicted molar refractivity (Wildman–Crippen MR) is 85.4 cm³/mol. The van der Waals surface area contributed by atoms with Gasteiger partial charge in [0.25, 0.3) is 11.6 Å². The van der Waals surface area contributed by atoms with E-state index in [0.717, 1.165) is 0 Å². The summed E-state index contributed by atoms with van der Waals surface area (Å²) in [7, 11) is 2.63. The van der Waals surface area contributed by atoms with Gasteiger partial charge in [-0.15, -0.1) is 0 Å². The number of carbonyl (C=O) groups is 2. The molecule has 0 aromatic heterocycles. The maximum atomic E-state index is 12.4. The molecule has 0 bridgehead atoms. The Hall–Kier alpha value is -3.42. The summed E-state index contributed by atoms with van der Waals surface area (Å²) >= 11 is 0. The van der Waals surface area contributed by atoms with Gasteiger partial charge in [0.2, 0.25) is 0 Å². The molecule has 2 rings (SSSR count). The van der Waals surface area contributed by atoms with Crippen molar-refractivity contribution in [2.24, 2.45) is 0 Å². The van der Waals surface area contributed by atoms with Crippen molar-refractivity contribution in [1.82, 2.24) is 0 Å². The summed E-state index contributed by atoms with van der Waals surface area (Å²) in [6, 6.07) is 9.91. The number of carbonyl (C=O) groups excluding carboxylic acids is 2. The molecule has 0 saturated carbocycles. The van der Waals surface area contributed by atoms with Crippen molar-refractivity contribution in [3.63, 3.8) is 0 Å². The van der Waals surface area contributed by atoms with Crippen LogP contribution in [-0.2, 0) is 4.74 Å². The largest absolute Gasteiger partial charge is 0.497 e. The summed E-state index contributed by atoms with van der Waals surface area (Å²) in [4.78, 5) is 34.3. The molecule has 1 amide bonds. The lowest BCUT2D eigenvalue weighted by atomic mass is 10.1. The van der Waals surface area contributed by atoms with Gasteiger partial charge in [0.05, 0.1) is 24.7 Å². The van der Waals surface area contributed by atoms with Crippen LogP contribution in [0.3, 0.4) is 0 Å². The SMILES string of the molecule is COC(=O)c1cccc(NC(=O)c2cc(OC)ccc2[N+](=O)[O-])c1. The Morgan fingerprint density at radius 1 is 1.12 bits per heavy atom. The van der Waals surface area contributed by atoms with Crippen LogP contribution in [0.1, 0.15) is 20.7 Å². The number of nitrogens with zero attached hydrogens (tertiary/aromatic N) is 1. The number of esters is 1. The molecule has 0 spiro atoms. The average molecular weight is 330 g/mol. The van der Waals surface area contributed by atoms with E-state index in [0.29, 0.717) is 11.4 Å². The number of rotatable bonds is 5. The number of hydrogen-bond donors (Lipinski definition) is 1. The van der Waals surface area contributed by atoms with E-state index >= 15 is 0 Å². The lowest BCUT2D eigenvalue weighted by molar-refractivity contribution is -0.385. The second-order valence-corrected chi connectivity index (χ2v) is 4.67. The normalized spacial score (nSPS) is 9.92. The van der Waals surface area contributed by atoms with Gasteiger partial charge in [0.15, 0.2) is 0 Å². The van der Waals surface area contributed by atoms with E-state index in [1.807, 2.05) is 0 Å². The molecular weight excluding hydrogens is 316 g/mol. The van der Waals surface area contributed by atoms with Crippen molar-refractivity contribution in [1.29, 1.82) is 0 Å². The maximum Gasteiger partial charge on any atom is 0.337 e. The van der Waals surface area contributed by atoms with Gasteiger partial charge in [-0.25, -0.2) is 4.79 Å². The summed E-state index contributed by atoms with van der Waals surface area (Å²) in [5, 5.41) is 13.6. The van der Waals surface area contributed by atoms with Gasteiger partial charge < -0.3 is 14.8 Å². The lowest BCUT2D eigenvalue weighted by Gasteiger charge is -2.08. The number of amides is 1. The number of nitro groups is 1. The van der Waals surface area contributed by atoms with Crippen molar-refractivity contribution >= 4 is 23.3 Å². The smallest absolute Gasteiger partial charge is 0.337 e. The minimum atomic E-state index is -0.692. The fraction of sp³-hybridized carbons (Fsp3) is 0.125. The summed E-state index contributed by atoms with van der Waals surface area (Å²) in [6.07, 6.45) is 0. The number of benzene rings is 2. The number of nitro benzene ring substituents is 1. The fourth-order valence-corrected chi connectivity index (χ4v) is 2.02. The molecule has 2 aromatic carbocycles. The van der Waals surface area contributed by atoms with E-state index < -0.39 is 16.8 Å². The molecule has 1 N–H and O–H groups in total. The highest BCUT2D eigenvalue weighted by Gasteiger charge is 2.21. The van der Waals surface area contributed by atoms with Crippen LogP contribution in [0.15, 0.2) is 42.5 Å². The Kier molecular flexibility index (Phi) is 5.10. The number of anilines is 1. The van der Waals surface area contributed by atoms with Crippen molar-refractivity contribution in [2.75, 3.05) is 19.5 Å². The van der Waals surface area contributed by atoms with Gasteiger partial charge in [0, 0.05) is 11.8 Å². The average Bonchev–Trinajstić information content (AvgIpc) is 2.60. The van der Waals surface area contributed by atoms with Gasteiger partial charge >= 0.3 is 5.97 Å². The van der Waals surface area contributed by atoms with Crippen molar-refractivity contribution < 1.29 is 24.0 Å². The van der Waals surface area contributed by atoms with E-state index in [1.54, 1.807) is 12.1 Å². The van der Waals surface area contributed by atoms with E-state index in [4.69, 9.17) is 4.74 Å². The first-order valence-corrected chi connectivity index (χ1v) is 6.78. The number of hydrogen-bond acceptors (Lipinski definition) is 6. The molecule has 0 atom stereocenters. The third-order valence-electron chi connectivity index (χ3n) is 3.19. The highest BCUT2D eigenvalue weighted by Crippen LogP contribution is 2.25. The van der Waals surface area contributed by atoms with E-state index in [9.17, 15) is 19.7 Å². The second-order valence-electron chi connectivity index (χ2n) is 4.67. The van der Waals surface area contributed by atoms with Crippen LogP contribution in [0.25, 0.3) is 0 Å². The summed E-state index contributed by atoms with van der Waals surface area (Å²) in [5.74, 6) is -0.935. The third-order valence-corrected chi connectivity index (χ3v) is 3.19. The molecule has 8 nitrogen and oxygen atoms in total. The second kappa shape index (κ2) is 7.23. The molecule has 124 valence electrons. The number of nitrogens with one attached hydrogen (secondary N) is 1. The molecule has 0 aliphatic carbocycles. The van der Waals surface area contributed by atoms with E-state index in [1.165, 1.54) is 44.6 Å². The van der Waals surface area contributed by atoms with E-state index in [2.05, 4.69) is 10.1 Å². The molecule has 24 heavy (non-hydrogen) atoms. The zero-order valence-corrected chi connectivity index (χ0v) is 12.9. The first-order valence-electron chi connectivity index (χ1n) is 6.78. The monoisotopic (exact) mass is 330 g/mol. The zero-order chi connectivity index (χ0) is 17.7. The molecule has 0 aliphatic rings. The van der Waals surface area contributed by atoms with Crippen LogP contribution in [0.4, 0.5) is 11.4 Å². The quantitative estimate of drug-likeness (QED) is 0.513. The topological polar surface area (TPSA) is 108 Å². The maximum absolute atomic E-state index is 12.4. The first kappa shape index (κ1) is 16.9. The Labute approximate surface area is 137 Å². The number of ether oxygens (including phenoxy) is 2. The minimum Gasteiger partial charge on any atom is -0.497 e. The number of methoxy groups -OCH3 is 2. The zero-order valence-electron chi connectivity index (χ0n) is 12.9. The van der Waals surface area contributed by atoms with Crippen molar-refractivity contribution in [2.45, 2.75) is 0 Å². The molecule has 0 aliphatic heterocycles. The lowest BCUT2D eigenvalue weighted by Crippen LogP contribution is -2.14. The first-order chi connectivity index (χ1) is 11.5. The third kappa shape index (κ3) is 3.67. The van der Waals surface area contributed by atoms with Gasteiger partial charge in [-0.1, -0.05) is 6.07 Å². The Morgan fingerprint density at radius 2 is 1.88 bits per heavy atom. The molecule has 0 saturated heterocycles. The van der Waals surface area contributed by atoms with Crippen LogP contribution < -0.4 is 10.1 Å². The minimum absolute atomic E-state index is 0.150. The Balaban J connectivity index is 2.33. The predicted octanol–water partition coefficient (Wildman–Crippen LogP) is 2.64. The molecule has 2 aromatic rings. The molecule has 0 radical (unpaired) electrons. The molecule has 0 fully saturated rings. The van der Waals surface area contributed by atoms with Gasteiger partial charge in [-0.2, -0.15) is 0 Å². The van der Waals surface area contributed by atoms with Crippen LogP contribution in [0.5, 0.6) is 5.75 Å². The molecule has 0 unspecified atom stereocenters. The molecule has 0 heterocycles. The Morgan fingerprint density at radius 3 is 2.50 bits per heavy atom. The molecular formula is C16H14N2O6. The van der Waals surface area contributed by atoms with Crippen LogP contribution in [0.2, 0.25) is 0 Å².